The predicted molar refractivity (Wildman–Crippen MR) is 89.4 cm³/mol. The van der Waals surface area contributed by atoms with Crippen molar-refractivity contribution >= 4 is 10.9 Å². The van der Waals surface area contributed by atoms with Gasteiger partial charge in [-0.1, -0.05) is 36.4 Å². The van der Waals surface area contributed by atoms with Crippen molar-refractivity contribution < 1.29 is 0 Å². The van der Waals surface area contributed by atoms with Gasteiger partial charge in [0.05, 0.1) is 0 Å². The summed E-state index contributed by atoms with van der Waals surface area (Å²) in [6.45, 7) is 3.06. The first-order chi connectivity index (χ1) is 10.2. The van der Waals surface area contributed by atoms with Crippen LogP contribution in [0.2, 0.25) is 0 Å². The first kappa shape index (κ1) is 13.9. The van der Waals surface area contributed by atoms with Gasteiger partial charge in [0.25, 0.3) is 0 Å². The first-order valence-corrected chi connectivity index (χ1v) is 7.59. The van der Waals surface area contributed by atoms with Crippen molar-refractivity contribution in [3.05, 3.63) is 71.9 Å². The molecule has 0 saturated heterocycles. The molecule has 0 amide bonds. The van der Waals surface area contributed by atoms with Crippen molar-refractivity contribution in [1.82, 2.24) is 4.57 Å². The minimum Gasteiger partial charge on any atom is -0.347 e. The highest BCUT2D eigenvalue weighted by Crippen LogP contribution is 2.19. The minimum absolute atomic E-state index is 0.211. The van der Waals surface area contributed by atoms with Crippen molar-refractivity contribution in [2.75, 3.05) is 0 Å². The average Bonchev–Trinajstić information content (AvgIpc) is 2.88. The molecule has 0 bridgehead atoms. The van der Waals surface area contributed by atoms with Crippen molar-refractivity contribution in [1.29, 1.82) is 0 Å². The number of aryl methyl sites for hydroxylation is 2. The molecule has 0 spiro atoms. The van der Waals surface area contributed by atoms with Crippen LogP contribution in [0.1, 0.15) is 18.1 Å². The summed E-state index contributed by atoms with van der Waals surface area (Å²) in [6, 6.07) is 19.7. The van der Waals surface area contributed by atoms with Gasteiger partial charge >= 0.3 is 0 Å². The molecule has 3 rings (SSSR count). The molecule has 0 aliphatic heterocycles. The predicted octanol–water partition coefficient (Wildman–Crippen LogP) is 3.77. The van der Waals surface area contributed by atoms with Crippen LogP contribution in [0.15, 0.2) is 60.8 Å². The minimum atomic E-state index is 0.211. The van der Waals surface area contributed by atoms with Crippen LogP contribution in [0.5, 0.6) is 0 Å². The third-order valence-electron chi connectivity index (χ3n) is 3.88. The molecule has 0 saturated carbocycles. The topological polar surface area (TPSA) is 30.9 Å². The molecule has 108 valence electrons. The first-order valence-electron chi connectivity index (χ1n) is 7.59. The zero-order valence-electron chi connectivity index (χ0n) is 12.5. The van der Waals surface area contributed by atoms with Crippen LogP contribution < -0.4 is 5.73 Å². The summed E-state index contributed by atoms with van der Waals surface area (Å²) in [5.41, 5.74) is 9.89. The number of benzene rings is 2. The Morgan fingerprint density at radius 1 is 1.00 bits per heavy atom. The van der Waals surface area contributed by atoms with E-state index in [0.717, 1.165) is 19.4 Å². The van der Waals surface area contributed by atoms with Crippen LogP contribution >= 0.6 is 0 Å². The highest BCUT2D eigenvalue weighted by molar-refractivity contribution is 5.80. The quantitative estimate of drug-likeness (QED) is 0.756. The molecule has 2 N–H and O–H groups in total. The van der Waals surface area contributed by atoms with Crippen LogP contribution in [0, 0.1) is 0 Å². The summed E-state index contributed by atoms with van der Waals surface area (Å²) in [5.74, 6) is 0. The molecule has 2 aromatic carbocycles. The Bertz CT molecular complexity index is 711. The van der Waals surface area contributed by atoms with Gasteiger partial charge in [-0.3, -0.25) is 0 Å². The Morgan fingerprint density at radius 2 is 1.81 bits per heavy atom. The molecule has 0 aliphatic carbocycles. The van der Waals surface area contributed by atoms with Crippen LogP contribution in [-0.2, 0) is 19.4 Å². The lowest BCUT2D eigenvalue weighted by Gasteiger charge is -2.08. The fraction of sp³-hybridized carbons (Fsp3) is 0.263. The number of rotatable bonds is 5. The molecule has 0 radical (unpaired) electrons. The number of hydrogen-bond acceptors (Lipinski definition) is 1. The van der Waals surface area contributed by atoms with E-state index in [2.05, 4.69) is 72.3 Å². The maximum absolute atomic E-state index is 5.88. The van der Waals surface area contributed by atoms with Gasteiger partial charge in [-0.05, 0) is 54.5 Å². The van der Waals surface area contributed by atoms with Crippen molar-refractivity contribution in [3.8, 4) is 0 Å². The van der Waals surface area contributed by atoms with E-state index in [0.29, 0.717) is 0 Å². The fourth-order valence-electron chi connectivity index (χ4n) is 2.84. The standard InChI is InChI=1S/C19H22N2/c1-15(20)13-17-7-8-19-18(14-17)10-12-21(19)11-9-16-5-3-2-4-6-16/h2-8,10,12,14-15H,9,11,13,20H2,1H3. The highest BCUT2D eigenvalue weighted by Gasteiger charge is 2.04. The van der Waals surface area contributed by atoms with E-state index in [1.165, 1.54) is 22.0 Å². The lowest BCUT2D eigenvalue weighted by atomic mass is 10.1. The fourth-order valence-corrected chi connectivity index (χ4v) is 2.84. The van der Waals surface area contributed by atoms with Crippen molar-refractivity contribution in [3.63, 3.8) is 0 Å². The Labute approximate surface area is 126 Å². The maximum Gasteiger partial charge on any atom is 0.0480 e. The molecule has 0 aliphatic rings. The second kappa shape index (κ2) is 6.15. The molecule has 0 fully saturated rings. The van der Waals surface area contributed by atoms with Gasteiger partial charge in [-0.15, -0.1) is 0 Å². The normalized spacial score (nSPS) is 12.7. The van der Waals surface area contributed by atoms with Gasteiger partial charge in [0.1, 0.15) is 0 Å². The van der Waals surface area contributed by atoms with Crippen LogP contribution in [0.3, 0.4) is 0 Å². The van der Waals surface area contributed by atoms with E-state index in [1.54, 1.807) is 0 Å². The summed E-state index contributed by atoms with van der Waals surface area (Å²) in [6.07, 6.45) is 4.18. The van der Waals surface area contributed by atoms with Crippen LogP contribution in [-0.4, -0.2) is 10.6 Å². The van der Waals surface area contributed by atoms with E-state index < -0.39 is 0 Å². The molecule has 21 heavy (non-hydrogen) atoms. The summed E-state index contributed by atoms with van der Waals surface area (Å²) in [7, 11) is 0. The number of nitrogens with zero attached hydrogens (tertiary/aromatic N) is 1. The molecule has 3 aromatic rings. The largest absolute Gasteiger partial charge is 0.347 e. The second-order valence-corrected chi connectivity index (χ2v) is 5.82. The Hall–Kier alpha value is -2.06. The SMILES string of the molecule is CC(N)Cc1ccc2c(ccn2CCc2ccccc2)c1. The van der Waals surface area contributed by atoms with E-state index in [9.17, 15) is 0 Å². The second-order valence-electron chi connectivity index (χ2n) is 5.82. The van der Waals surface area contributed by atoms with Crippen molar-refractivity contribution in [2.24, 2.45) is 5.73 Å². The molecular weight excluding hydrogens is 256 g/mol. The number of hydrogen-bond donors (Lipinski definition) is 1. The highest BCUT2D eigenvalue weighted by atomic mass is 14.9. The summed E-state index contributed by atoms with van der Waals surface area (Å²) in [4.78, 5) is 0. The number of nitrogens with two attached hydrogens (primary N) is 1. The third-order valence-corrected chi connectivity index (χ3v) is 3.88. The molecule has 1 heterocycles. The maximum atomic E-state index is 5.88. The molecular formula is C19H22N2. The Balaban J connectivity index is 1.77. The van der Waals surface area contributed by atoms with E-state index in [1.807, 2.05) is 0 Å². The Morgan fingerprint density at radius 3 is 2.57 bits per heavy atom. The number of fused-ring (bicyclic) bond motifs is 1. The zero-order chi connectivity index (χ0) is 14.7. The molecule has 2 heteroatoms. The van der Waals surface area contributed by atoms with Gasteiger partial charge in [-0.2, -0.15) is 0 Å². The molecule has 2 nitrogen and oxygen atoms in total. The zero-order valence-corrected chi connectivity index (χ0v) is 12.5. The lowest BCUT2D eigenvalue weighted by molar-refractivity contribution is 0.722. The van der Waals surface area contributed by atoms with E-state index >= 15 is 0 Å². The van der Waals surface area contributed by atoms with Crippen molar-refractivity contribution in [2.45, 2.75) is 32.4 Å². The van der Waals surface area contributed by atoms with Crippen LogP contribution in [0.4, 0.5) is 0 Å². The van der Waals surface area contributed by atoms with Gasteiger partial charge in [0, 0.05) is 24.3 Å². The monoisotopic (exact) mass is 278 g/mol. The van der Waals surface area contributed by atoms with Gasteiger partial charge in [0.15, 0.2) is 0 Å². The number of aromatic nitrogens is 1. The average molecular weight is 278 g/mol. The molecule has 1 unspecified atom stereocenters. The summed E-state index contributed by atoms with van der Waals surface area (Å²) < 4.78 is 2.33. The van der Waals surface area contributed by atoms with Gasteiger partial charge in [0.2, 0.25) is 0 Å². The summed E-state index contributed by atoms with van der Waals surface area (Å²) in [5, 5.41) is 1.31. The Kier molecular flexibility index (Phi) is 4.07. The molecule has 1 atom stereocenters. The summed E-state index contributed by atoms with van der Waals surface area (Å²) >= 11 is 0. The van der Waals surface area contributed by atoms with Gasteiger partial charge < -0.3 is 10.3 Å². The van der Waals surface area contributed by atoms with E-state index in [-0.39, 0.29) is 6.04 Å². The van der Waals surface area contributed by atoms with Gasteiger partial charge in [-0.25, -0.2) is 0 Å². The lowest BCUT2D eigenvalue weighted by Crippen LogP contribution is -2.17. The molecule has 1 aromatic heterocycles. The smallest absolute Gasteiger partial charge is 0.0480 e. The van der Waals surface area contributed by atoms with E-state index in [4.69, 9.17) is 5.73 Å². The van der Waals surface area contributed by atoms with Crippen LogP contribution in [0.25, 0.3) is 10.9 Å². The third kappa shape index (κ3) is 3.34.